The van der Waals surface area contributed by atoms with Gasteiger partial charge in [-0.25, -0.2) is 0 Å². The minimum absolute atomic E-state index is 0.183. The average molecular weight is 577 g/mol. The molecule has 198 valence electrons. The van der Waals surface area contributed by atoms with Crippen molar-refractivity contribution in [1.29, 1.82) is 0 Å². The minimum atomic E-state index is -4.76. The minimum Gasteiger partial charge on any atom is -0.406 e. The SMILES string of the molecule is CCCC1(CCC)Nc2cc(Br)ccc2C(=O)N1c1ccc(OC(F)(F)F)cc1.CCc1ccccc1. The number of fused-ring (bicyclic) bond motifs is 1. The van der Waals surface area contributed by atoms with Crippen LogP contribution in [0.1, 0.15) is 62.4 Å². The third-order valence-corrected chi connectivity index (χ3v) is 6.61. The van der Waals surface area contributed by atoms with E-state index in [1.165, 1.54) is 29.8 Å². The van der Waals surface area contributed by atoms with Gasteiger partial charge in [-0.1, -0.05) is 79.9 Å². The normalized spacial score (nSPS) is 14.2. The number of carbonyl (C=O) groups is 1. The van der Waals surface area contributed by atoms with Crippen LogP contribution in [-0.2, 0) is 6.42 Å². The molecule has 1 aliphatic heterocycles. The predicted octanol–water partition coefficient (Wildman–Crippen LogP) is 8.97. The van der Waals surface area contributed by atoms with E-state index < -0.39 is 12.0 Å². The summed E-state index contributed by atoms with van der Waals surface area (Å²) >= 11 is 3.45. The number of nitrogens with one attached hydrogen (secondary N) is 1. The lowest BCUT2D eigenvalue weighted by atomic mass is 9.90. The van der Waals surface area contributed by atoms with Gasteiger partial charge < -0.3 is 10.1 Å². The van der Waals surface area contributed by atoms with Gasteiger partial charge in [-0.3, -0.25) is 9.69 Å². The number of hydrogen-bond donors (Lipinski definition) is 1. The van der Waals surface area contributed by atoms with Crippen LogP contribution in [0.15, 0.2) is 77.3 Å². The highest BCUT2D eigenvalue weighted by Gasteiger charge is 2.44. The Balaban J connectivity index is 0.000000405. The number of halogens is 4. The number of alkyl halides is 3. The van der Waals surface area contributed by atoms with Crippen LogP contribution in [0.5, 0.6) is 5.75 Å². The molecule has 4 rings (SSSR count). The number of nitrogens with zero attached hydrogens (tertiary/aromatic N) is 1. The van der Waals surface area contributed by atoms with Crippen molar-refractivity contribution in [3.05, 3.63) is 88.4 Å². The third kappa shape index (κ3) is 7.28. The Kier molecular flexibility index (Phi) is 9.65. The standard InChI is InChI=1S/C21H22BrF3N2O2.C8H10/c1-3-11-20(12-4-2)26-18-13-14(22)5-10-17(18)19(28)27(20)15-6-8-16(9-7-15)29-21(23,24)25;1-2-8-6-4-3-5-7-8/h5-10,13,26H,3-4,11-12H2,1-2H3;3-7H,2H2,1H3. The predicted molar refractivity (Wildman–Crippen MR) is 146 cm³/mol. The van der Waals surface area contributed by atoms with Crippen molar-refractivity contribution in [2.75, 3.05) is 10.2 Å². The molecule has 1 heterocycles. The molecule has 0 fully saturated rings. The first-order chi connectivity index (χ1) is 17.6. The van der Waals surface area contributed by atoms with Crippen LogP contribution in [-0.4, -0.2) is 17.9 Å². The fourth-order valence-corrected chi connectivity index (χ4v) is 4.96. The highest BCUT2D eigenvalue weighted by molar-refractivity contribution is 9.10. The highest BCUT2D eigenvalue weighted by Crippen LogP contribution is 2.41. The molecule has 3 aromatic rings. The van der Waals surface area contributed by atoms with Gasteiger partial charge >= 0.3 is 6.36 Å². The molecule has 4 nitrogen and oxygen atoms in total. The molecule has 1 amide bonds. The van der Waals surface area contributed by atoms with Crippen LogP contribution < -0.4 is 15.0 Å². The molecule has 1 N–H and O–H groups in total. The summed E-state index contributed by atoms with van der Waals surface area (Å²) in [6, 6.07) is 21.3. The molecule has 0 radical (unpaired) electrons. The van der Waals surface area contributed by atoms with Gasteiger partial charge in [-0.15, -0.1) is 13.2 Å². The van der Waals surface area contributed by atoms with E-state index in [9.17, 15) is 18.0 Å². The Labute approximate surface area is 225 Å². The van der Waals surface area contributed by atoms with Gasteiger partial charge in [-0.05, 0) is 67.3 Å². The van der Waals surface area contributed by atoms with Gasteiger partial charge in [0.25, 0.3) is 5.91 Å². The second-order valence-electron chi connectivity index (χ2n) is 8.87. The van der Waals surface area contributed by atoms with Crippen LogP contribution in [0, 0.1) is 0 Å². The van der Waals surface area contributed by atoms with Gasteiger partial charge in [0.15, 0.2) is 0 Å². The number of carbonyl (C=O) groups excluding carboxylic acids is 1. The molecule has 8 heteroatoms. The summed E-state index contributed by atoms with van der Waals surface area (Å²) < 4.78 is 42.3. The van der Waals surface area contributed by atoms with E-state index in [-0.39, 0.29) is 11.7 Å². The molecule has 0 aromatic heterocycles. The van der Waals surface area contributed by atoms with Crippen molar-refractivity contribution in [2.24, 2.45) is 0 Å². The van der Waals surface area contributed by atoms with E-state index >= 15 is 0 Å². The van der Waals surface area contributed by atoms with E-state index in [1.807, 2.05) is 26.0 Å². The summed E-state index contributed by atoms with van der Waals surface area (Å²) in [6.45, 7) is 6.24. The van der Waals surface area contributed by atoms with E-state index in [0.717, 1.165) is 29.4 Å². The summed E-state index contributed by atoms with van der Waals surface area (Å²) in [7, 11) is 0. The second kappa shape index (κ2) is 12.5. The van der Waals surface area contributed by atoms with Crippen LogP contribution in [0.2, 0.25) is 0 Å². The lowest BCUT2D eigenvalue weighted by Crippen LogP contribution is -2.60. The molecule has 0 saturated carbocycles. The second-order valence-corrected chi connectivity index (χ2v) is 9.78. The maximum atomic E-state index is 13.5. The summed E-state index contributed by atoms with van der Waals surface area (Å²) in [5.74, 6) is -0.503. The van der Waals surface area contributed by atoms with Gasteiger partial charge in [0, 0.05) is 15.8 Å². The number of hydrogen-bond acceptors (Lipinski definition) is 3. The van der Waals surface area contributed by atoms with Crippen molar-refractivity contribution in [3.63, 3.8) is 0 Å². The zero-order chi connectivity index (χ0) is 27.1. The fourth-order valence-electron chi connectivity index (χ4n) is 4.60. The quantitative estimate of drug-likeness (QED) is 0.305. The summed E-state index contributed by atoms with van der Waals surface area (Å²) in [4.78, 5) is 15.1. The maximum Gasteiger partial charge on any atom is 0.573 e. The van der Waals surface area contributed by atoms with E-state index in [2.05, 4.69) is 57.2 Å². The average Bonchev–Trinajstić information content (AvgIpc) is 2.85. The molecule has 0 spiro atoms. The van der Waals surface area contributed by atoms with Gasteiger partial charge in [0.2, 0.25) is 0 Å². The number of rotatable bonds is 7. The van der Waals surface area contributed by atoms with Crippen molar-refractivity contribution >= 4 is 33.2 Å². The Morgan fingerprint density at radius 1 is 0.919 bits per heavy atom. The van der Waals surface area contributed by atoms with Crippen LogP contribution in [0.3, 0.4) is 0 Å². The molecule has 3 aromatic carbocycles. The summed E-state index contributed by atoms with van der Waals surface area (Å²) in [6.07, 6.45) is -0.575. The van der Waals surface area contributed by atoms with Gasteiger partial charge in [-0.2, -0.15) is 0 Å². The van der Waals surface area contributed by atoms with Crippen molar-refractivity contribution < 1.29 is 22.7 Å². The Morgan fingerprint density at radius 3 is 2.05 bits per heavy atom. The smallest absolute Gasteiger partial charge is 0.406 e. The Bertz CT molecular complexity index is 1160. The molecule has 0 aliphatic carbocycles. The van der Waals surface area contributed by atoms with Crippen LogP contribution >= 0.6 is 15.9 Å². The molecular formula is C29H32BrF3N2O2. The molecule has 37 heavy (non-hydrogen) atoms. The lowest BCUT2D eigenvalue weighted by Gasteiger charge is -2.49. The Morgan fingerprint density at radius 2 is 1.54 bits per heavy atom. The molecule has 0 bridgehead atoms. The van der Waals surface area contributed by atoms with Crippen molar-refractivity contribution in [2.45, 2.75) is 64.9 Å². The molecule has 1 aliphatic rings. The van der Waals surface area contributed by atoms with Crippen molar-refractivity contribution in [1.82, 2.24) is 0 Å². The first-order valence-electron chi connectivity index (χ1n) is 12.4. The molecular weight excluding hydrogens is 545 g/mol. The number of benzene rings is 3. The van der Waals surface area contributed by atoms with Crippen molar-refractivity contribution in [3.8, 4) is 5.75 Å². The van der Waals surface area contributed by atoms with Crippen LogP contribution in [0.4, 0.5) is 24.5 Å². The number of amides is 1. The third-order valence-electron chi connectivity index (χ3n) is 6.12. The number of anilines is 2. The maximum absolute atomic E-state index is 13.5. The first kappa shape index (κ1) is 28.6. The van der Waals surface area contributed by atoms with E-state index in [4.69, 9.17) is 0 Å². The number of ether oxygens (including phenoxy) is 1. The molecule has 0 atom stereocenters. The van der Waals surface area contributed by atoms with Gasteiger partial charge in [0.05, 0.1) is 5.56 Å². The zero-order valence-electron chi connectivity index (χ0n) is 21.2. The topological polar surface area (TPSA) is 41.6 Å². The van der Waals surface area contributed by atoms with E-state index in [0.29, 0.717) is 24.1 Å². The monoisotopic (exact) mass is 576 g/mol. The fraction of sp³-hybridized carbons (Fsp3) is 0.345. The highest BCUT2D eigenvalue weighted by atomic mass is 79.9. The largest absolute Gasteiger partial charge is 0.573 e. The van der Waals surface area contributed by atoms with E-state index in [1.54, 1.807) is 17.0 Å². The molecule has 0 unspecified atom stereocenters. The summed E-state index contributed by atoms with van der Waals surface area (Å²) in [5.41, 5.74) is 2.53. The lowest BCUT2D eigenvalue weighted by molar-refractivity contribution is -0.274. The first-order valence-corrected chi connectivity index (χ1v) is 13.2. The summed E-state index contributed by atoms with van der Waals surface area (Å²) in [5, 5.41) is 3.55. The molecule has 0 saturated heterocycles. The Hall–Kier alpha value is -3.00. The van der Waals surface area contributed by atoms with Crippen LogP contribution in [0.25, 0.3) is 0 Å². The number of aryl methyl sites for hydroxylation is 1. The van der Waals surface area contributed by atoms with Gasteiger partial charge in [0.1, 0.15) is 11.4 Å². The zero-order valence-corrected chi connectivity index (χ0v) is 22.8.